The van der Waals surface area contributed by atoms with Crippen LogP contribution in [-0.2, 0) is 4.74 Å². The first-order valence-electron chi connectivity index (χ1n) is 3.83. The average molecular weight is 228 g/mol. The van der Waals surface area contributed by atoms with Crippen molar-refractivity contribution in [1.29, 1.82) is 0 Å². The fourth-order valence-corrected chi connectivity index (χ4v) is 6.86. The van der Waals surface area contributed by atoms with E-state index in [0.29, 0.717) is 0 Å². The zero-order chi connectivity index (χ0) is 8.27. The van der Waals surface area contributed by atoms with Crippen LogP contribution in [0.25, 0.3) is 0 Å². The highest BCUT2D eigenvalue weighted by Gasteiger charge is 2.25. The summed E-state index contributed by atoms with van der Waals surface area (Å²) in [6.45, 7) is 4.33. The Morgan fingerprint density at radius 3 is 2.91 bits per heavy atom. The molecule has 0 saturated carbocycles. The number of ether oxygens (including phenoxy) is 1. The van der Waals surface area contributed by atoms with Crippen molar-refractivity contribution in [2.24, 2.45) is 5.92 Å². The molecule has 1 fully saturated rings. The molecule has 1 nitrogen and oxygen atoms in total. The van der Waals surface area contributed by atoms with Gasteiger partial charge in [-0.25, -0.2) is 0 Å². The molecule has 1 aliphatic heterocycles. The lowest BCUT2D eigenvalue weighted by atomic mass is 10.0. The first-order chi connectivity index (χ1) is 5.25. The molecule has 4 unspecified atom stereocenters. The van der Waals surface area contributed by atoms with Gasteiger partial charge < -0.3 is 4.74 Å². The summed E-state index contributed by atoms with van der Waals surface area (Å²) in [6.07, 6.45) is 1.26. The second-order valence-corrected chi connectivity index (χ2v) is 12.5. The normalized spacial score (nSPS) is 36.3. The Balaban J connectivity index is 2.40. The van der Waals surface area contributed by atoms with Gasteiger partial charge in [0.05, 0.1) is 6.61 Å². The van der Waals surface area contributed by atoms with Crippen LogP contribution in [0.3, 0.4) is 0 Å². The van der Waals surface area contributed by atoms with Gasteiger partial charge in [0, 0.05) is 12.3 Å². The maximum atomic E-state index is 5.47. The van der Waals surface area contributed by atoms with Crippen LogP contribution in [0, 0.1) is 5.92 Å². The van der Waals surface area contributed by atoms with Crippen LogP contribution in [0.5, 0.6) is 0 Å². The first kappa shape index (κ1) is 10.8. The maximum absolute atomic E-state index is 5.47. The van der Waals surface area contributed by atoms with E-state index in [-0.39, 0.29) is 7.30 Å². The Bertz CT molecular complexity index is 117. The molecule has 0 spiro atoms. The molecule has 1 rings (SSSR count). The van der Waals surface area contributed by atoms with Crippen molar-refractivity contribution < 1.29 is 4.74 Å². The second kappa shape index (κ2) is 5.42. The summed E-state index contributed by atoms with van der Waals surface area (Å²) in [7, 11) is 7.02. The Morgan fingerprint density at radius 1 is 1.64 bits per heavy atom. The average Bonchev–Trinajstić information content (AvgIpc) is 2.04. The van der Waals surface area contributed by atoms with Crippen molar-refractivity contribution in [3.63, 3.8) is 0 Å². The van der Waals surface area contributed by atoms with Gasteiger partial charge in [-0.3, -0.25) is 0 Å². The van der Waals surface area contributed by atoms with E-state index in [1.807, 2.05) is 0 Å². The molecule has 0 aromatic carbocycles. The van der Waals surface area contributed by atoms with Crippen LogP contribution in [0.15, 0.2) is 0 Å². The van der Waals surface area contributed by atoms with Crippen molar-refractivity contribution in [3.8, 4) is 0 Å². The van der Waals surface area contributed by atoms with Gasteiger partial charge in [-0.1, -0.05) is 22.2 Å². The van der Waals surface area contributed by atoms with E-state index in [1.165, 1.54) is 6.42 Å². The monoisotopic (exact) mass is 228 g/mol. The van der Waals surface area contributed by atoms with Gasteiger partial charge in [-0.2, -0.15) is 0 Å². The molecular formula is C6H16OP4. The van der Waals surface area contributed by atoms with Gasteiger partial charge in [0.15, 0.2) is 0 Å². The van der Waals surface area contributed by atoms with E-state index < -0.39 is 0 Å². The highest BCUT2D eigenvalue weighted by atomic mass is 32.6. The summed E-state index contributed by atoms with van der Waals surface area (Å²) in [5.74, 6) is 0.875. The summed E-state index contributed by atoms with van der Waals surface area (Å²) < 4.78 is 5.47. The predicted molar refractivity (Wildman–Crippen MR) is 63.0 cm³/mol. The topological polar surface area (TPSA) is 9.23 Å². The molecule has 0 aliphatic carbocycles. The minimum atomic E-state index is 0.147. The minimum absolute atomic E-state index is 0.147. The number of hydrogen-bond acceptors (Lipinski definition) is 1. The third-order valence-electron chi connectivity index (χ3n) is 2.17. The first-order valence-corrected chi connectivity index (χ1v) is 10.5. The van der Waals surface area contributed by atoms with E-state index in [2.05, 4.69) is 24.8 Å². The third kappa shape index (κ3) is 3.14. The summed E-state index contributed by atoms with van der Waals surface area (Å²) in [4.78, 5) is 0. The van der Waals surface area contributed by atoms with Crippen LogP contribution in [0.2, 0.25) is 0 Å². The molecule has 0 aromatic heterocycles. The van der Waals surface area contributed by atoms with Crippen LogP contribution in [-0.4, -0.2) is 18.9 Å². The molecule has 0 aromatic rings. The van der Waals surface area contributed by atoms with E-state index in [1.54, 1.807) is 0 Å². The molecule has 0 N–H and O–H groups in total. The number of rotatable bonds is 2. The van der Waals surface area contributed by atoms with Crippen molar-refractivity contribution in [3.05, 3.63) is 0 Å². The SMILES string of the molecule is C[C@H]1CCOC[C@H]1P(P)PP. The molecule has 5 heteroatoms. The highest BCUT2D eigenvalue weighted by Crippen LogP contribution is 2.70. The van der Waals surface area contributed by atoms with E-state index in [0.717, 1.165) is 32.7 Å². The van der Waals surface area contributed by atoms with E-state index in [9.17, 15) is 0 Å². The molecule has 1 heterocycles. The van der Waals surface area contributed by atoms with Crippen LogP contribution >= 0.6 is 33.1 Å². The molecule has 0 bridgehead atoms. The second-order valence-electron chi connectivity index (χ2n) is 2.94. The van der Waals surface area contributed by atoms with Gasteiger partial charge in [0.25, 0.3) is 0 Å². The predicted octanol–water partition coefficient (Wildman–Crippen LogP) is 3.07. The van der Waals surface area contributed by atoms with Gasteiger partial charge in [0.2, 0.25) is 0 Å². The zero-order valence-electron chi connectivity index (χ0n) is 6.79. The van der Waals surface area contributed by atoms with E-state index in [4.69, 9.17) is 4.74 Å². The van der Waals surface area contributed by atoms with Crippen molar-refractivity contribution in [1.82, 2.24) is 0 Å². The zero-order valence-corrected chi connectivity index (χ0v) is 11.0. The molecule has 0 radical (unpaired) electrons. The largest absolute Gasteiger partial charge is 0.381 e. The quantitative estimate of drug-likeness (QED) is 0.660. The van der Waals surface area contributed by atoms with Gasteiger partial charge >= 0.3 is 0 Å². The van der Waals surface area contributed by atoms with Crippen molar-refractivity contribution in [2.75, 3.05) is 13.2 Å². The molecule has 1 saturated heterocycles. The smallest absolute Gasteiger partial charge is 0.0542 e. The maximum Gasteiger partial charge on any atom is 0.0542 e. The summed E-state index contributed by atoms with van der Waals surface area (Å²) in [6, 6.07) is 0. The minimum Gasteiger partial charge on any atom is -0.381 e. The Kier molecular flexibility index (Phi) is 5.30. The standard InChI is InChI=1S/C6H16OP4/c1-5-2-3-7-4-6(5)11(9)10-8/h5-6,10H,2-4,8-9H2,1H3/t5-,6+,11?/m0/s1. The Morgan fingerprint density at radius 2 is 2.36 bits per heavy atom. The molecule has 66 valence electrons. The highest BCUT2D eigenvalue weighted by molar-refractivity contribution is 8.61. The molecule has 1 aliphatic rings. The van der Waals surface area contributed by atoms with Gasteiger partial charge in [-0.15, -0.1) is 17.9 Å². The summed E-state index contributed by atoms with van der Waals surface area (Å²) in [5.41, 5.74) is 0.833. The molecule has 6 atom stereocenters. The summed E-state index contributed by atoms with van der Waals surface area (Å²) in [5, 5.41) is 0. The van der Waals surface area contributed by atoms with Gasteiger partial charge in [0.1, 0.15) is 0 Å². The van der Waals surface area contributed by atoms with Crippen molar-refractivity contribution >= 4 is 33.1 Å². The lowest BCUT2D eigenvalue weighted by Gasteiger charge is -2.32. The summed E-state index contributed by atoms with van der Waals surface area (Å²) >= 11 is 0. The molecule has 0 amide bonds. The Hall–Kier alpha value is 1.68. The lowest BCUT2D eigenvalue weighted by molar-refractivity contribution is 0.0764. The van der Waals surface area contributed by atoms with Crippen LogP contribution in [0.4, 0.5) is 0 Å². The fourth-order valence-electron chi connectivity index (χ4n) is 1.28. The molecular weight excluding hydrogens is 212 g/mol. The number of hydrogen-bond donors (Lipinski definition) is 0. The van der Waals surface area contributed by atoms with Gasteiger partial charge in [-0.05, 0) is 12.3 Å². The van der Waals surface area contributed by atoms with E-state index >= 15 is 0 Å². The van der Waals surface area contributed by atoms with Crippen LogP contribution in [0.1, 0.15) is 13.3 Å². The third-order valence-corrected chi connectivity index (χ3v) is 13.6. The molecule has 11 heavy (non-hydrogen) atoms. The van der Waals surface area contributed by atoms with Crippen molar-refractivity contribution in [2.45, 2.75) is 19.0 Å². The lowest BCUT2D eigenvalue weighted by Crippen LogP contribution is -2.27. The Labute approximate surface area is 76.4 Å². The fraction of sp³-hybridized carbons (Fsp3) is 1.00. The van der Waals surface area contributed by atoms with Crippen LogP contribution < -0.4 is 0 Å².